The Labute approximate surface area is 200 Å². The Kier molecular flexibility index (Phi) is 6.40. The summed E-state index contributed by atoms with van der Waals surface area (Å²) >= 11 is 2.68. The van der Waals surface area contributed by atoms with E-state index in [4.69, 9.17) is 0 Å². The number of carbonyl (C=O) groups excluding carboxylic acids is 1. The molecule has 3 heterocycles. The summed E-state index contributed by atoms with van der Waals surface area (Å²) in [6, 6.07) is 7.81. The van der Waals surface area contributed by atoms with E-state index in [-0.39, 0.29) is 21.5 Å². The number of carbonyl (C=O) groups is 1. The van der Waals surface area contributed by atoms with Gasteiger partial charge in [-0.05, 0) is 0 Å². The first-order chi connectivity index (χ1) is 14.9. The molecule has 0 fully saturated rings. The van der Waals surface area contributed by atoms with E-state index in [0.29, 0.717) is 0 Å². The van der Waals surface area contributed by atoms with Crippen LogP contribution in [0.25, 0.3) is 0 Å². The maximum absolute atomic E-state index is 12.4. The van der Waals surface area contributed by atoms with Gasteiger partial charge in [0.25, 0.3) is 0 Å². The number of aryl methyl sites for hydroxylation is 1. The molecular weight excluding hydrogens is 561 g/mol. The van der Waals surface area contributed by atoms with E-state index in [1.165, 1.54) is 23.1 Å². The van der Waals surface area contributed by atoms with E-state index >= 15 is 0 Å². The number of amides is 1. The van der Waals surface area contributed by atoms with Gasteiger partial charge in [0.2, 0.25) is 0 Å². The Morgan fingerprint density at radius 3 is 2.72 bits per heavy atom. The molecule has 0 spiro atoms. The zero-order chi connectivity index (χ0) is 23.3. The molecular formula is C18H19N3O6S4Se. The molecule has 1 aromatic heterocycles. The Bertz CT molecular complexity index is 1320. The number of hydrogen-bond acceptors (Lipinski definition) is 9. The standard InChI is InChI=1S/C18H19N3O6S4Se/c1-11-3-4-14-12(7-11)20(9-15(22)19-30(2,23)24)17(32-14)8-16-21(10-31(25,26)27)18-13(29-16)5-6-28-18/h3-8,16H,9-10H2,1-2H3,(H,19,22)(H,25,26,27). The van der Waals surface area contributed by atoms with Crippen LogP contribution >= 0.6 is 23.1 Å². The molecule has 0 saturated heterocycles. The molecule has 0 bridgehead atoms. The summed E-state index contributed by atoms with van der Waals surface area (Å²) in [7, 11) is -7.95. The molecule has 4 rings (SSSR count). The first kappa shape index (κ1) is 23.6. The molecule has 9 nitrogen and oxygen atoms in total. The molecule has 32 heavy (non-hydrogen) atoms. The molecule has 2 aliphatic rings. The van der Waals surface area contributed by atoms with Crippen molar-refractivity contribution in [2.75, 3.05) is 28.5 Å². The van der Waals surface area contributed by atoms with Crippen molar-refractivity contribution in [2.45, 2.75) is 17.2 Å². The molecule has 0 radical (unpaired) electrons. The molecule has 1 atom stereocenters. The second-order valence-electron chi connectivity index (χ2n) is 7.24. The first-order valence-electron chi connectivity index (χ1n) is 9.14. The SMILES string of the molecule is Cc1ccc2c(c1)N(CC(=O)NS(C)(=O)=O)C(=CC1Sc3ccsc3N1CS(=O)(=O)O)[Se]2. The monoisotopic (exact) mass is 581 g/mol. The Balaban J connectivity index is 1.68. The minimum absolute atomic E-state index is 0.172. The van der Waals surface area contributed by atoms with Crippen LogP contribution in [-0.2, 0) is 24.9 Å². The first-order valence-corrected chi connectivity index (χ1v) is 16.1. The van der Waals surface area contributed by atoms with Crippen molar-refractivity contribution in [1.29, 1.82) is 0 Å². The van der Waals surface area contributed by atoms with Crippen molar-refractivity contribution in [3.63, 3.8) is 0 Å². The number of thioether (sulfide) groups is 1. The average Bonchev–Trinajstić information content (AvgIpc) is 3.29. The summed E-state index contributed by atoms with van der Waals surface area (Å²) in [6.45, 7) is 1.75. The summed E-state index contributed by atoms with van der Waals surface area (Å²) in [5.74, 6) is -1.20. The van der Waals surface area contributed by atoms with Gasteiger partial charge in [0.1, 0.15) is 0 Å². The third-order valence-corrected chi connectivity index (χ3v) is 10.4. The predicted octanol–water partition coefficient (Wildman–Crippen LogP) is 0.907. The predicted molar refractivity (Wildman–Crippen MR) is 128 cm³/mol. The fourth-order valence-corrected chi connectivity index (χ4v) is 9.54. The van der Waals surface area contributed by atoms with E-state index in [1.54, 1.807) is 9.80 Å². The molecule has 2 N–H and O–H groups in total. The number of benzene rings is 1. The van der Waals surface area contributed by atoms with Crippen molar-refractivity contribution >= 4 is 79.3 Å². The van der Waals surface area contributed by atoms with Gasteiger partial charge in [0.05, 0.1) is 0 Å². The fraction of sp³-hybridized carbons (Fsp3) is 0.278. The van der Waals surface area contributed by atoms with Crippen LogP contribution in [0.4, 0.5) is 10.7 Å². The quantitative estimate of drug-likeness (QED) is 0.379. The number of rotatable bonds is 6. The molecule has 0 saturated carbocycles. The van der Waals surface area contributed by atoms with Crippen molar-refractivity contribution in [3.05, 3.63) is 45.9 Å². The van der Waals surface area contributed by atoms with E-state index in [2.05, 4.69) is 0 Å². The molecule has 172 valence electrons. The second-order valence-corrected chi connectivity index (χ2v) is 14.7. The summed E-state index contributed by atoms with van der Waals surface area (Å²) in [4.78, 5) is 16.7. The Morgan fingerprint density at radius 2 is 2.03 bits per heavy atom. The molecule has 2 aliphatic heterocycles. The van der Waals surface area contributed by atoms with Crippen molar-refractivity contribution in [1.82, 2.24) is 4.72 Å². The zero-order valence-corrected chi connectivity index (χ0v) is 21.9. The zero-order valence-electron chi connectivity index (χ0n) is 16.9. The molecule has 14 heteroatoms. The van der Waals surface area contributed by atoms with Gasteiger partial charge in [0.15, 0.2) is 0 Å². The van der Waals surface area contributed by atoms with Crippen LogP contribution in [0, 0.1) is 6.92 Å². The topological polar surface area (TPSA) is 124 Å². The maximum atomic E-state index is 12.4. The van der Waals surface area contributed by atoms with Crippen molar-refractivity contribution < 1.29 is 26.2 Å². The van der Waals surface area contributed by atoms with E-state index in [0.717, 1.165) is 36.5 Å². The number of nitrogens with one attached hydrogen (secondary N) is 1. The summed E-state index contributed by atoms with van der Waals surface area (Å²) in [6.07, 6.45) is 2.82. The molecule has 1 aromatic carbocycles. The van der Waals surface area contributed by atoms with Gasteiger partial charge in [-0.15, -0.1) is 0 Å². The Hall–Kier alpha value is -1.54. The van der Waals surface area contributed by atoms with Crippen LogP contribution in [0.15, 0.2) is 45.2 Å². The van der Waals surface area contributed by atoms with Gasteiger partial charge in [-0.3, -0.25) is 0 Å². The van der Waals surface area contributed by atoms with Gasteiger partial charge in [-0.2, -0.15) is 0 Å². The van der Waals surface area contributed by atoms with Crippen molar-refractivity contribution in [2.24, 2.45) is 0 Å². The van der Waals surface area contributed by atoms with Crippen LogP contribution in [0.1, 0.15) is 5.56 Å². The van der Waals surface area contributed by atoms with Crippen molar-refractivity contribution in [3.8, 4) is 0 Å². The van der Waals surface area contributed by atoms with Gasteiger partial charge >= 0.3 is 202 Å². The number of hydrogen-bond donors (Lipinski definition) is 2. The number of fused-ring (bicyclic) bond motifs is 2. The molecule has 2 aromatic rings. The summed E-state index contributed by atoms with van der Waals surface area (Å²) in [5.41, 5.74) is 1.83. The van der Waals surface area contributed by atoms with Gasteiger partial charge < -0.3 is 0 Å². The van der Waals surface area contributed by atoms with Crippen LogP contribution in [-0.4, -0.2) is 66.3 Å². The third-order valence-electron chi connectivity index (χ3n) is 4.50. The van der Waals surface area contributed by atoms with E-state index in [1.807, 2.05) is 47.4 Å². The average molecular weight is 581 g/mol. The normalized spacial score (nSPS) is 19.3. The van der Waals surface area contributed by atoms with Gasteiger partial charge in [-0.1, -0.05) is 0 Å². The number of anilines is 2. The Morgan fingerprint density at radius 1 is 1.28 bits per heavy atom. The molecule has 1 amide bonds. The number of nitrogens with zero attached hydrogens (tertiary/aromatic N) is 2. The van der Waals surface area contributed by atoms with Gasteiger partial charge in [0, 0.05) is 0 Å². The van der Waals surface area contributed by atoms with E-state index < -0.39 is 37.3 Å². The summed E-state index contributed by atoms with van der Waals surface area (Å²) < 4.78 is 59.6. The van der Waals surface area contributed by atoms with Gasteiger partial charge in [-0.25, -0.2) is 0 Å². The minimum atomic E-state index is -4.26. The van der Waals surface area contributed by atoms with Crippen LogP contribution in [0.2, 0.25) is 0 Å². The molecule has 0 aliphatic carbocycles. The third kappa shape index (κ3) is 5.33. The van der Waals surface area contributed by atoms with E-state index in [9.17, 15) is 26.2 Å². The van der Waals surface area contributed by atoms with Crippen LogP contribution < -0.4 is 19.0 Å². The van der Waals surface area contributed by atoms with Crippen LogP contribution in [0.3, 0.4) is 0 Å². The number of sulfonamides is 1. The second kappa shape index (κ2) is 8.67. The molecule has 1 unspecified atom stereocenters. The summed E-state index contributed by atoms with van der Waals surface area (Å²) in [5, 5.41) is 2.22. The van der Waals surface area contributed by atoms with Crippen LogP contribution in [0.5, 0.6) is 0 Å². The number of thiophene rings is 1. The fourth-order valence-electron chi connectivity index (χ4n) is 3.33.